The van der Waals surface area contributed by atoms with Gasteiger partial charge in [-0.05, 0) is 19.6 Å². The van der Waals surface area contributed by atoms with Gasteiger partial charge in [-0.2, -0.15) is 11.8 Å². The summed E-state index contributed by atoms with van der Waals surface area (Å²) in [6, 6.07) is 0.935. The molecule has 3 nitrogen and oxygen atoms in total. The number of pyridine rings is 1. The van der Waals surface area contributed by atoms with Gasteiger partial charge in [0.1, 0.15) is 0 Å². The standard InChI is InChI=1S/C12H19F2N3S/c1-4-15-11-9(13)6-10(14)12(17-11)16-8(3)7-18-5-2/h6,8H,4-5,7H2,1-3H3,(H2,15,16,17). The first-order valence-corrected chi connectivity index (χ1v) is 7.18. The van der Waals surface area contributed by atoms with E-state index in [4.69, 9.17) is 0 Å². The summed E-state index contributed by atoms with van der Waals surface area (Å²) >= 11 is 1.76. The van der Waals surface area contributed by atoms with Crippen molar-refractivity contribution in [3.05, 3.63) is 17.7 Å². The molecule has 1 atom stereocenters. The molecule has 0 aliphatic heterocycles. The van der Waals surface area contributed by atoms with E-state index >= 15 is 0 Å². The van der Waals surface area contributed by atoms with Gasteiger partial charge in [0, 0.05) is 24.4 Å². The number of aromatic nitrogens is 1. The van der Waals surface area contributed by atoms with Crippen molar-refractivity contribution in [1.82, 2.24) is 4.98 Å². The Kier molecular flexibility index (Phi) is 6.18. The zero-order chi connectivity index (χ0) is 13.5. The molecule has 0 spiro atoms. The maximum atomic E-state index is 13.6. The lowest BCUT2D eigenvalue weighted by Gasteiger charge is -2.15. The Bertz CT molecular complexity index is 388. The summed E-state index contributed by atoms with van der Waals surface area (Å²) in [5, 5.41) is 5.72. The minimum atomic E-state index is -0.671. The first-order chi connectivity index (χ1) is 8.58. The Morgan fingerprint density at radius 1 is 1.28 bits per heavy atom. The highest BCUT2D eigenvalue weighted by Crippen LogP contribution is 2.20. The van der Waals surface area contributed by atoms with E-state index in [0.29, 0.717) is 6.54 Å². The Hall–Kier alpha value is -1.04. The normalized spacial score (nSPS) is 12.3. The van der Waals surface area contributed by atoms with Crippen molar-refractivity contribution in [2.45, 2.75) is 26.8 Å². The number of halogens is 2. The highest BCUT2D eigenvalue weighted by molar-refractivity contribution is 7.99. The van der Waals surface area contributed by atoms with Crippen LogP contribution in [0.3, 0.4) is 0 Å². The number of hydrogen-bond donors (Lipinski definition) is 2. The van der Waals surface area contributed by atoms with Crippen LogP contribution in [0.25, 0.3) is 0 Å². The lowest BCUT2D eigenvalue weighted by atomic mass is 10.3. The van der Waals surface area contributed by atoms with Gasteiger partial charge in [0.15, 0.2) is 23.3 Å². The van der Waals surface area contributed by atoms with Crippen LogP contribution in [-0.2, 0) is 0 Å². The average Bonchev–Trinajstić information content (AvgIpc) is 2.33. The van der Waals surface area contributed by atoms with Gasteiger partial charge in [-0.25, -0.2) is 13.8 Å². The van der Waals surface area contributed by atoms with E-state index in [1.165, 1.54) is 0 Å². The molecule has 0 saturated heterocycles. The second-order valence-electron chi connectivity index (χ2n) is 3.88. The zero-order valence-electron chi connectivity index (χ0n) is 10.9. The number of nitrogens with zero attached hydrogens (tertiary/aromatic N) is 1. The third kappa shape index (κ3) is 4.33. The molecule has 0 aromatic carbocycles. The van der Waals surface area contributed by atoms with Crippen LogP contribution in [0.4, 0.5) is 20.4 Å². The van der Waals surface area contributed by atoms with Crippen LogP contribution < -0.4 is 10.6 Å². The molecule has 1 aromatic rings. The number of hydrogen-bond acceptors (Lipinski definition) is 4. The minimum Gasteiger partial charge on any atom is -0.368 e. The lowest BCUT2D eigenvalue weighted by molar-refractivity contribution is 0.577. The Morgan fingerprint density at radius 2 is 1.94 bits per heavy atom. The minimum absolute atomic E-state index is 0.0803. The summed E-state index contributed by atoms with van der Waals surface area (Å²) in [6.45, 7) is 6.38. The van der Waals surface area contributed by atoms with Gasteiger partial charge in [0.05, 0.1) is 0 Å². The topological polar surface area (TPSA) is 37.0 Å². The fraction of sp³-hybridized carbons (Fsp3) is 0.583. The van der Waals surface area contributed by atoms with Crippen LogP contribution in [0.5, 0.6) is 0 Å². The quantitative estimate of drug-likeness (QED) is 0.800. The van der Waals surface area contributed by atoms with Gasteiger partial charge in [0.2, 0.25) is 0 Å². The summed E-state index contributed by atoms with van der Waals surface area (Å²) in [4.78, 5) is 3.93. The molecule has 0 aliphatic rings. The molecule has 0 amide bonds. The van der Waals surface area contributed by atoms with Gasteiger partial charge >= 0.3 is 0 Å². The van der Waals surface area contributed by atoms with Crippen LogP contribution in [0, 0.1) is 11.6 Å². The second kappa shape index (κ2) is 7.41. The molecule has 0 bridgehead atoms. The van der Waals surface area contributed by atoms with Crippen LogP contribution in [0.1, 0.15) is 20.8 Å². The monoisotopic (exact) mass is 275 g/mol. The Labute approximate surface area is 111 Å². The number of anilines is 2. The van der Waals surface area contributed by atoms with Crippen molar-refractivity contribution >= 4 is 23.4 Å². The molecule has 6 heteroatoms. The Morgan fingerprint density at radius 3 is 2.56 bits per heavy atom. The van der Waals surface area contributed by atoms with Crippen LogP contribution in [0.2, 0.25) is 0 Å². The van der Waals surface area contributed by atoms with Gasteiger partial charge in [-0.15, -0.1) is 0 Å². The van der Waals surface area contributed by atoms with Gasteiger partial charge in [0.25, 0.3) is 0 Å². The average molecular weight is 275 g/mol. The molecular formula is C12H19F2N3S. The third-order valence-corrected chi connectivity index (χ3v) is 3.37. The summed E-state index contributed by atoms with van der Waals surface area (Å²) < 4.78 is 26.9. The van der Waals surface area contributed by atoms with E-state index < -0.39 is 11.6 Å². The van der Waals surface area contributed by atoms with E-state index in [-0.39, 0.29) is 17.7 Å². The molecule has 18 heavy (non-hydrogen) atoms. The van der Waals surface area contributed by atoms with Gasteiger partial charge < -0.3 is 10.6 Å². The van der Waals surface area contributed by atoms with Gasteiger partial charge in [-0.3, -0.25) is 0 Å². The molecule has 102 valence electrons. The molecule has 0 fully saturated rings. The van der Waals surface area contributed by atoms with Crippen LogP contribution in [0.15, 0.2) is 6.07 Å². The van der Waals surface area contributed by atoms with Crippen molar-refractivity contribution in [2.75, 3.05) is 28.7 Å². The lowest BCUT2D eigenvalue weighted by Crippen LogP contribution is -2.20. The van der Waals surface area contributed by atoms with E-state index in [9.17, 15) is 8.78 Å². The van der Waals surface area contributed by atoms with Crippen molar-refractivity contribution in [3.63, 3.8) is 0 Å². The predicted molar refractivity (Wildman–Crippen MR) is 74.4 cm³/mol. The second-order valence-corrected chi connectivity index (χ2v) is 5.20. The molecule has 0 radical (unpaired) electrons. The summed E-state index contributed by atoms with van der Waals surface area (Å²) in [5.74, 6) is 0.700. The number of rotatable bonds is 7. The SMILES string of the molecule is CCNc1nc(NC(C)CSCC)c(F)cc1F. The van der Waals surface area contributed by atoms with E-state index in [1.54, 1.807) is 11.8 Å². The highest BCUT2D eigenvalue weighted by Gasteiger charge is 2.13. The summed E-state index contributed by atoms with van der Waals surface area (Å²) in [5.41, 5.74) is 0. The fourth-order valence-electron chi connectivity index (χ4n) is 1.43. The van der Waals surface area contributed by atoms with Gasteiger partial charge in [-0.1, -0.05) is 6.92 Å². The van der Waals surface area contributed by atoms with E-state index in [0.717, 1.165) is 17.6 Å². The van der Waals surface area contributed by atoms with E-state index in [1.807, 2.05) is 13.8 Å². The molecule has 2 N–H and O–H groups in total. The fourth-order valence-corrected chi connectivity index (χ4v) is 2.10. The first-order valence-electron chi connectivity index (χ1n) is 6.02. The molecule has 1 heterocycles. The summed E-state index contributed by atoms with van der Waals surface area (Å²) in [6.07, 6.45) is 0. The summed E-state index contributed by atoms with van der Waals surface area (Å²) in [7, 11) is 0. The maximum Gasteiger partial charge on any atom is 0.168 e. The smallest absolute Gasteiger partial charge is 0.168 e. The molecule has 0 aliphatic carbocycles. The molecule has 0 saturated carbocycles. The van der Waals surface area contributed by atoms with Crippen molar-refractivity contribution < 1.29 is 8.78 Å². The Balaban J connectivity index is 2.78. The molecular weight excluding hydrogens is 256 g/mol. The number of nitrogens with one attached hydrogen (secondary N) is 2. The molecule has 1 aromatic heterocycles. The molecule has 1 unspecified atom stereocenters. The number of thioether (sulfide) groups is 1. The van der Waals surface area contributed by atoms with Crippen molar-refractivity contribution in [2.24, 2.45) is 0 Å². The third-order valence-electron chi connectivity index (χ3n) is 2.23. The molecule has 1 rings (SSSR count). The first kappa shape index (κ1) is 15.0. The van der Waals surface area contributed by atoms with Crippen LogP contribution in [-0.4, -0.2) is 29.1 Å². The zero-order valence-corrected chi connectivity index (χ0v) is 11.7. The van der Waals surface area contributed by atoms with Crippen LogP contribution >= 0.6 is 11.8 Å². The highest BCUT2D eigenvalue weighted by atomic mass is 32.2. The van der Waals surface area contributed by atoms with Crippen molar-refractivity contribution in [3.8, 4) is 0 Å². The predicted octanol–water partition coefficient (Wildman–Crippen LogP) is 3.35. The van der Waals surface area contributed by atoms with Crippen molar-refractivity contribution in [1.29, 1.82) is 0 Å². The van der Waals surface area contributed by atoms with E-state index in [2.05, 4.69) is 22.5 Å². The maximum absolute atomic E-state index is 13.6. The largest absolute Gasteiger partial charge is 0.368 e.